The zero-order valence-electron chi connectivity index (χ0n) is 8.71. The Kier molecular flexibility index (Phi) is 3.10. The topological polar surface area (TPSA) is 52.5 Å². The van der Waals surface area contributed by atoms with Crippen LogP contribution in [0.4, 0.5) is 0 Å². The van der Waals surface area contributed by atoms with Crippen LogP contribution in [-0.2, 0) is 0 Å². The monoisotopic (exact) mass is 199 g/mol. The molecule has 3 N–H and O–H groups in total. The zero-order chi connectivity index (χ0) is 10.0. The van der Waals surface area contributed by atoms with Gasteiger partial charge in [0.2, 0.25) is 0 Å². The van der Waals surface area contributed by atoms with Gasteiger partial charge in [-0.15, -0.1) is 0 Å². The third-order valence-corrected chi connectivity index (χ3v) is 3.76. The summed E-state index contributed by atoms with van der Waals surface area (Å²) in [7, 11) is 0. The number of aliphatic hydroxyl groups excluding tert-OH is 2. The highest BCUT2D eigenvalue weighted by molar-refractivity contribution is 4.95. The molecule has 0 aliphatic heterocycles. The molecule has 0 aromatic carbocycles. The summed E-state index contributed by atoms with van der Waals surface area (Å²) in [5.74, 6) is 0. The molecule has 3 nitrogen and oxygen atoms in total. The van der Waals surface area contributed by atoms with E-state index in [0.717, 1.165) is 38.6 Å². The van der Waals surface area contributed by atoms with Crippen molar-refractivity contribution in [2.75, 3.05) is 13.2 Å². The molecule has 0 radical (unpaired) electrons. The largest absolute Gasteiger partial charge is 0.396 e. The van der Waals surface area contributed by atoms with Crippen LogP contribution < -0.4 is 5.32 Å². The molecule has 0 heterocycles. The summed E-state index contributed by atoms with van der Waals surface area (Å²) in [6, 6.07) is 0.271. The van der Waals surface area contributed by atoms with Gasteiger partial charge in [-0.05, 0) is 25.7 Å². The Morgan fingerprint density at radius 1 is 1.21 bits per heavy atom. The minimum absolute atomic E-state index is 0.164. The van der Waals surface area contributed by atoms with Crippen molar-refractivity contribution in [1.29, 1.82) is 0 Å². The van der Waals surface area contributed by atoms with Gasteiger partial charge in [-0.25, -0.2) is 0 Å². The average Bonchev–Trinajstić information content (AvgIpc) is 2.98. The van der Waals surface area contributed by atoms with E-state index in [1.165, 1.54) is 6.42 Å². The van der Waals surface area contributed by atoms with Gasteiger partial charge in [-0.1, -0.05) is 12.8 Å². The number of rotatable bonds is 4. The van der Waals surface area contributed by atoms with Crippen LogP contribution in [-0.4, -0.2) is 35.5 Å². The number of hydrogen-bond acceptors (Lipinski definition) is 3. The smallest absolute Gasteiger partial charge is 0.0693 e. The highest BCUT2D eigenvalue weighted by atomic mass is 16.3. The van der Waals surface area contributed by atoms with Crippen LogP contribution in [0.15, 0.2) is 0 Å². The van der Waals surface area contributed by atoms with E-state index in [-0.39, 0.29) is 17.6 Å². The van der Waals surface area contributed by atoms with E-state index in [0.29, 0.717) is 6.61 Å². The molecule has 2 aliphatic carbocycles. The fourth-order valence-corrected chi connectivity index (χ4v) is 2.26. The third-order valence-electron chi connectivity index (χ3n) is 3.76. The first-order valence-corrected chi connectivity index (χ1v) is 5.78. The van der Waals surface area contributed by atoms with Crippen molar-refractivity contribution in [1.82, 2.24) is 5.32 Å². The predicted molar refractivity (Wildman–Crippen MR) is 55.0 cm³/mol. The van der Waals surface area contributed by atoms with Crippen molar-refractivity contribution >= 4 is 0 Å². The maximum Gasteiger partial charge on any atom is 0.0693 e. The Morgan fingerprint density at radius 3 is 2.50 bits per heavy atom. The predicted octanol–water partition coefficient (Wildman–Crippen LogP) is 0.652. The van der Waals surface area contributed by atoms with Crippen LogP contribution in [0.25, 0.3) is 0 Å². The molecule has 0 unspecified atom stereocenters. The Morgan fingerprint density at radius 2 is 1.93 bits per heavy atom. The van der Waals surface area contributed by atoms with Crippen molar-refractivity contribution in [3.8, 4) is 0 Å². The summed E-state index contributed by atoms with van der Waals surface area (Å²) in [5, 5.41) is 22.3. The molecule has 2 saturated carbocycles. The van der Waals surface area contributed by atoms with E-state index in [1.54, 1.807) is 0 Å². The number of nitrogens with one attached hydrogen (secondary N) is 1. The van der Waals surface area contributed by atoms with Crippen molar-refractivity contribution in [3.05, 3.63) is 0 Å². The molecule has 82 valence electrons. The second kappa shape index (κ2) is 4.17. The molecule has 14 heavy (non-hydrogen) atoms. The van der Waals surface area contributed by atoms with E-state index in [9.17, 15) is 5.11 Å². The van der Waals surface area contributed by atoms with Crippen molar-refractivity contribution < 1.29 is 10.2 Å². The Balaban J connectivity index is 1.73. The SMILES string of the molecule is OCC1(CN[C@@H]2CCCC[C@H]2O)CC1. The molecule has 0 aromatic heterocycles. The number of hydrogen-bond donors (Lipinski definition) is 3. The van der Waals surface area contributed by atoms with Gasteiger partial charge in [0.1, 0.15) is 0 Å². The average molecular weight is 199 g/mol. The van der Waals surface area contributed by atoms with E-state index in [2.05, 4.69) is 5.32 Å². The maximum atomic E-state index is 9.73. The molecule has 2 atom stereocenters. The summed E-state index contributed by atoms with van der Waals surface area (Å²) in [6.45, 7) is 1.17. The number of aliphatic hydroxyl groups is 2. The van der Waals surface area contributed by atoms with E-state index in [1.807, 2.05) is 0 Å². The van der Waals surface area contributed by atoms with Gasteiger partial charge in [0, 0.05) is 24.6 Å². The maximum absolute atomic E-state index is 9.73. The molecular weight excluding hydrogens is 178 g/mol. The highest BCUT2D eigenvalue weighted by Gasteiger charge is 2.42. The quantitative estimate of drug-likeness (QED) is 0.623. The lowest BCUT2D eigenvalue weighted by atomic mass is 9.92. The Hall–Kier alpha value is -0.120. The molecule has 0 amide bonds. The standard InChI is InChI=1S/C11H21NO2/c13-8-11(5-6-11)7-12-9-3-1-2-4-10(9)14/h9-10,12-14H,1-8H2/t9-,10-/m1/s1. The summed E-state index contributed by atoms with van der Waals surface area (Å²) in [5.41, 5.74) is 0.164. The zero-order valence-corrected chi connectivity index (χ0v) is 8.71. The van der Waals surface area contributed by atoms with Gasteiger partial charge in [0.25, 0.3) is 0 Å². The van der Waals surface area contributed by atoms with Gasteiger partial charge < -0.3 is 15.5 Å². The Labute approximate surface area is 85.5 Å². The summed E-state index contributed by atoms with van der Waals surface area (Å²) in [6.07, 6.45) is 6.51. The fraction of sp³-hybridized carbons (Fsp3) is 1.00. The first-order chi connectivity index (χ1) is 6.76. The molecule has 0 aromatic rings. The van der Waals surface area contributed by atoms with Gasteiger partial charge in [0.05, 0.1) is 6.10 Å². The van der Waals surface area contributed by atoms with E-state index >= 15 is 0 Å². The Bertz CT molecular complexity index is 192. The molecule has 3 heteroatoms. The molecule has 2 rings (SSSR count). The van der Waals surface area contributed by atoms with Crippen molar-refractivity contribution in [2.24, 2.45) is 5.41 Å². The summed E-state index contributed by atoms with van der Waals surface area (Å²) >= 11 is 0. The van der Waals surface area contributed by atoms with E-state index in [4.69, 9.17) is 5.11 Å². The molecule has 0 spiro atoms. The minimum Gasteiger partial charge on any atom is -0.396 e. The molecule has 2 aliphatic rings. The lowest BCUT2D eigenvalue weighted by molar-refractivity contribution is 0.0846. The van der Waals surface area contributed by atoms with Crippen LogP contribution in [0.5, 0.6) is 0 Å². The van der Waals surface area contributed by atoms with Gasteiger partial charge in [0.15, 0.2) is 0 Å². The van der Waals surface area contributed by atoms with Crippen LogP contribution in [0.2, 0.25) is 0 Å². The van der Waals surface area contributed by atoms with Gasteiger partial charge in [-0.3, -0.25) is 0 Å². The fourth-order valence-electron chi connectivity index (χ4n) is 2.26. The second-order valence-corrected chi connectivity index (χ2v) is 5.00. The normalized spacial score (nSPS) is 35.6. The lowest BCUT2D eigenvalue weighted by Crippen LogP contribution is -2.44. The summed E-state index contributed by atoms with van der Waals surface area (Å²) < 4.78 is 0. The second-order valence-electron chi connectivity index (χ2n) is 5.00. The minimum atomic E-state index is -0.168. The van der Waals surface area contributed by atoms with Crippen molar-refractivity contribution in [3.63, 3.8) is 0 Å². The van der Waals surface area contributed by atoms with Gasteiger partial charge >= 0.3 is 0 Å². The van der Waals surface area contributed by atoms with Crippen LogP contribution in [0, 0.1) is 5.41 Å². The highest BCUT2D eigenvalue weighted by Crippen LogP contribution is 2.44. The lowest BCUT2D eigenvalue weighted by Gasteiger charge is -2.29. The van der Waals surface area contributed by atoms with Gasteiger partial charge in [-0.2, -0.15) is 0 Å². The van der Waals surface area contributed by atoms with E-state index < -0.39 is 0 Å². The first kappa shape index (κ1) is 10.4. The molecular formula is C11H21NO2. The van der Waals surface area contributed by atoms with Crippen LogP contribution in [0.3, 0.4) is 0 Å². The first-order valence-electron chi connectivity index (χ1n) is 5.78. The molecule has 0 bridgehead atoms. The van der Waals surface area contributed by atoms with Crippen LogP contribution >= 0.6 is 0 Å². The molecule has 2 fully saturated rings. The molecule has 0 saturated heterocycles. The summed E-state index contributed by atoms with van der Waals surface area (Å²) in [4.78, 5) is 0. The van der Waals surface area contributed by atoms with Crippen LogP contribution in [0.1, 0.15) is 38.5 Å². The van der Waals surface area contributed by atoms with Crippen molar-refractivity contribution in [2.45, 2.75) is 50.7 Å². The third kappa shape index (κ3) is 2.27.